The molecule has 4 rings (SSSR count). The minimum Gasteiger partial charge on any atom is -0.374 e. The van der Waals surface area contributed by atoms with Crippen LogP contribution in [-0.4, -0.2) is 45.7 Å². The summed E-state index contributed by atoms with van der Waals surface area (Å²) in [5.74, 6) is -0.0221. The molecule has 2 fully saturated rings. The van der Waals surface area contributed by atoms with E-state index in [0.29, 0.717) is 24.1 Å². The van der Waals surface area contributed by atoms with Gasteiger partial charge in [-0.1, -0.05) is 12.1 Å². The summed E-state index contributed by atoms with van der Waals surface area (Å²) in [5.41, 5.74) is 1.51. The van der Waals surface area contributed by atoms with Crippen LogP contribution in [0, 0.1) is 6.92 Å². The van der Waals surface area contributed by atoms with Crippen LogP contribution < -0.4 is 5.56 Å². The molecule has 1 aliphatic carbocycles. The van der Waals surface area contributed by atoms with Crippen LogP contribution >= 0.6 is 0 Å². The number of nitrogens with zero attached hydrogens (tertiary/aromatic N) is 3. The van der Waals surface area contributed by atoms with E-state index >= 15 is 0 Å². The lowest BCUT2D eigenvalue weighted by Crippen LogP contribution is -2.52. The van der Waals surface area contributed by atoms with Crippen molar-refractivity contribution in [1.82, 2.24) is 14.5 Å². The van der Waals surface area contributed by atoms with E-state index in [-0.39, 0.29) is 30.2 Å². The van der Waals surface area contributed by atoms with Gasteiger partial charge in [0.2, 0.25) is 5.91 Å². The van der Waals surface area contributed by atoms with Crippen molar-refractivity contribution in [3.63, 3.8) is 0 Å². The zero-order valence-electron chi connectivity index (χ0n) is 13.8. The third-order valence-corrected chi connectivity index (χ3v) is 5.16. The molecule has 1 amide bonds. The average molecular weight is 327 g/mol. The molecule has 2 aromatic rings. The Hall–Kier alpha value is -2.21. The number of carbonyl (C=O) groups excluding carboxylic acids is 1. The number of benzene rings is 1. The number of aryl methyl sites for hydroxylation is 1. The van der Waals surface area contributed by atoms with Crippen LogP contribution in [0.25, 0.3) is 10.9 Å². The highest BCUT2D eigenvalue weighted by atomic mass is 16.5. The maximum absolute atomic E-state index is 12.7. The summed E-state index contributed by atoms with van der Waals surface area (Å²) >= 11 is 0. The fraction of sp³-hybridized carbons (Fsp3) is 0.500. The number of rotatable bonds is 2. The number of hydrogen-bond acceptors (Lipinski definition) is 4. The summed E-state index contributed by atoms with van der Waals surface area (Å²) in [6.45, 7) is 3.16. The highest BCUT2D eigenvalue weighted by molar-refractivity contribution is 5.81. The van der Waals surface area contributed by atoms with Crippen LogP contribution in [0.1, 0.15) is 24.8 Å². The first-order valence-electron chi connectivity index (χ1n) is 8.51. The molecule has 0 N–H and O–H groups in total. The zero-order valence-corrected chi connectivity index (χ0v) is 13.8. The van der Waals surface area contributed by atoms with Crippen LogP contribution in [0.2, 0.25) is 0 Å². The van der Waals surface area contributed by atoms with E-state index in [0.717, 1.165) is 24.8 Å². The van der Waals surface area contributed by atoms with Crippen LogP contribution in [0.4, 0.5) is 0 Å². The van der Waals surface area contributed by atoms with Crippen molar-refractivity contribution in [2.45, 2.75) is 44.9 Å². The Morgan fingerprint density at radius 3 is 3.12 bits per heavy atom. The molecule has 0 spiro atoms. The third kappa shape index (κ3) is 2.51. The van der Waals surface area contributed by atoms with Gasteiger partial charge in [0, 0.05) is 6.54 Å². The van der Waals surface area contributed by atoms with Gasteiger partial charge in [0.25, 0.3) is 5.56 Å². The van der Waals surface area contributed by atoms with E-state index in [1.54, 1.807) is 6.07 Å². The van der Waals surface area contributed by atoms with Gasteiger partial charge in [-0.2, -0.15) is 0 Å². The lowest BCUT2D eigenvalue weighted by Gasteiger charge is -2.37. The van der Waals surface area contributed by atoms with Gasteiger partial charge >= 0.3 is 0 Å². The van der Waals surface area contributed by atoms with Gasteiger partial charge in [-0.05, 0) is 37.8 Å². The lowest BCUT2D eigenvalue weighted by molar-refractivity contribution is -0.144. The number of hydrogen-bond donors (Lipinski definition) is 0. The quantitative estimate of drug-likeness (QED) is 0.838. The molecule has 1 aliphatic heterocycles. The summed E-state index contributed by atoms with van der Waals surface area (Å²) in [6.07, 6.45) is 4.75. The standard InChI is InChI=1S/C18H21N3O3/c1-12-4-2-5-13-17(12)19-11-20(18(13)23)10-16(22)21-8-9-24-15-7-3-6-14(15)21/h2,4-5,11,14-15H,3,6-10H2,1H3/t14-,15-/m0/s1. The van der Waals surface area contributed by atoms with Crippen molar-refractivity contribution in [2.75, 3.05) is 13.2 Å². The van der Waals surface area contributed by atoms with Crippen molar-refractivity contribution in [2.24, 2.45) is 0 Å². The van der Waals surface area contributed by atoms with E-state index in [1.807, 2.05) is 24.0 Å². The molecule has 0 unspecified atom stereocenters. The highest BCUT2D eigenvalue weighted by Gasteiger charge is 2.38. The fourth-order valence-corrected chi connectivity index (χ4v) is 3.92. The Labute approximate surface area is 140 Å². The molecule has 2 aliphatic rings. The average Bonchev–Trinajstić information content (AvgIpc) is 3.06. The van der Waals surface area contributed by atoms with Crippen molar-refractivity contribution < 1.29 is 9.53 Å². The second kappa shape index (κ2) is 6.02. The number of morpholine rings is 1. The predicted molar refractivity (Wildman–Crippen MR) is 89.8 cm³/mol. The molecule has 1 saturated carbocycles. The number of amides is 1. The van der Waals surface area contributed by atoms with Crippen LogP contribution in [-0.2, 0) is 16.1 Å². The molecule has 1 aromatic heterocycles. The van der Waals surface area contributed by atoms with Crippen molar-refractivity contribution >= 4 is 16.8 Å². The maximum Gasteiger partial charge on any atom is 0.261 e. The molecule has 0 radical (unpaired) electrons. The Kier molecular flexibility index (Phi) is 3.84. The van der Waals surface area contributed by atoms with Crippen LogP contribution in [0.15, 0.2) is 29.3 Å². The van der Waals surface area contributed by atoms with Crippen LogP contribution in [0.5, 0.6) is 0 Å². The topological polar surface area (TPSA) is 64.4 Å². The molecular formula is C18H21N3O3. The smallest absolute Gasteiger partial charge is 0.261 e. The molecule has 6 nitrogen and oxygen atoms in total. The molecule has 6 heteroatoms. The number of aromatic nitrogens is 2. The number of para-hydroxylation sites is 1. The molecule has 126 valence electrons. The first kappa shape index (κ1) is 15.3. The molecular weight excluding hydrogens is 306 g/mol. The highest BCUT2D eigenvalue weighted by Crippen LogP contribution is 2.29. The number of fused-ring (bicyclic) bond motifs is 2. The molecule has 2 heterocycles. The Balaban J connectivity index is 1.61. The first-order chi connectivity index (χ1) is 11.6. The summed E-state index contributed by atoms with van der Waals surface area (Å²) < 4.78 is 7.17. The lowest BCUT2D eigenvalue weighted by atomic mass is 10.1. The van der Waals surface area contributed by atoms with Gasteiger partial charge in [-0.3, -0.25) is 14.2 Å². The normalized spacial score (nSPS) is 23.5. The minimum atomic E-state index is -0.159. The largest absolute Gasteiger partial charge is 0.374 e. The molecule has 1 saturated heterocycles. The SMILES string of the molecule is Cc1cccc2c(=O)n(CC(=O)N3CCO[C@H]4CCC[C@@H]43)cnc12. The van der Waals surface area contributed by atoms with Crippen molar-refractivity contribution in [1.29, 1.82) is 0 Å². The summed E-state index contributed by atoms with van der Waals surface area (Å²) in [4.78, 5) is 31.7. The van der Waals surface area contributed by atoms with E-state index in [2.05, 4.69) is 4.98 Å². The second-order valence-electron chi connectivity index (χ2n) is 6.64. The summed E-state index contributed by atoms with van der Waals surface area (Å²) in [5, 5.41) is 0.561. The molecule has 2 atom stereocenters. The molecule has 0 bridgehead atoms. The van der Waals surface area contributed by atoms with Gasteiger partial charge in [0.1, 0.15) is 6.54 Å². The monoisotopic (exact) mass is 327 g/mol. The van der Waals surface area contributed by atoms with E-state index in [4.69, 9.17) is 4.74 Å². The summed E-state index contributed by atoms with van der Waals surface area (Å²) in [7, 11) is 0. The Morgan fingerprint density at radius 1 is 1.38 bits per heavy atom. The summed E-state index contributed by atoms with van der Waals surface area (Å²) in [6, 6.07) is 5.70. The van der Waals surface area contributed by atoms with Crippen molar-refractivity contribution in [3.05, 3.63) is 40.4 Å². The van der Waals surface area contributed by atoms with E-state index in [9.17, 15) is 9.59 Å². The number of carbonyl (C=O) groups is 1. The van der Waals surface area contributed by atoms with Gasteiger partial charge < -0.3 is 9.64 Å². The second-order valence-corrected chi connectivity index (χ2v) is 6.64. The maximum atomic E-state index is 12.7. The zero-order chi connectivity index (χ0) is 16.7. The third-order valence-electron chi connectivity index (χ3n) is 5.16. The van der Waals surface area contributed by atoms with E-state index < -0.39 is 0 Å². The number of ether oxygens (including phenoxy) is 1. The van der Waals surface area contributed by atoms with Crippen LogP contribution in [0.3, 0.4) is 0 Å². The minimum absolute atomic E-state index is 0.0221. The Bertz CT molecular complexity index is 845. The molecule has 1 aromatic carbocycles. The van der Waals surface area contributed by atoms with E-state index in [1.165, 1.54) is 10.9 Å². The van der Waals surface area contributed by atoms with Gasteiger partial charge in [-0.15, -0.1) is 0 Å². The van der Waals surface area contributed by atoms with Gasteiger partial charge in [0.05, 0.1) is 36.0 Å². The van der Waals surface area contributed by atoms with Crippen molar-refractivity contribution in [3.8, 4) is 0 Å². The predicted octanol–water partition coefficient (Wildman–Crippen LogP) is 1.48. The fourth-order valence-electron chi connectivity index (χ4n) is 3.92. The first-order valence-corrected chi connectivity index (χ1v) is 8.51. The molecule has 24 heavy (non-hydrogen) atoms. The Morgan fingerprint density at radius 2 is 2.25 bits per heavy atom. The van der Waals surface area contributed by atoms with Gasteiger partial charge in [0.15, 0.2) is 0 Å². The van der Waals surface area contributed by atoms with Gasteiger partial charge in [-0.25, -0.2) is 4.98 Å².